The molecule has 1 aromatic heterocycles. The lowest BCUT2D eigenvalue weighted by molar-refractivity contribution is -0.813. The summed E-state index contributed by atoms with van der Waals surface area (Å²) in [5.41, 5.74) is -1.91. The van der Waals surface area contributed by atoms with Crippen LogP contribution in [0.25, 0.3) is 10.9 Å². The molecule has 0 spiro atoms. The highest BCUT2D eigenvalue weighted by Gasteiger charge is 2.36. The predicted octanol–water partition coefficient (Wildman–Crippen LogP) is 1.43. The molecule has 4 rings (SSSR count). The number of quaternary nitrogens is 1. The number of halogens is 4. The molecule has 4 N–H and O–H groups in total. The number of benzene rings is 2. The summed E-state index contributed by atoms with van der Waals surface area (Å²) in [6.45, 7) is -0.711. The number of rotatable bonds is 4. The molecular weight excluding hydrogens is 462 g/mol. The minimum Gasteiger partial charge on any atom is -0.506 e. The van der Waals surface area contributed by atoms with E-state index in [0.29, 0.717) is 16.2 Å². The van der Waals surface area contributed by atoms with Gasteiger partial charge in [-0.25, -0.2) is 4.39 Å². The Bertz CT molecular complexity index is 1380. The van der Waals surface area contributed by atoms with Crippen LogP contribution in [-0.2, 0) is 11.0 Å². The maximum Gasteiger partial charge on any atom is 0.416 e. The number of alkyl halides is 3. The highest BCUT2D eigenvalue weighted by molar-refractivity contribution is 6.04. The van der Waals surface area contributed by atoms with Crippen LogP contribution in [0.5, 0.6) is 5.75 Å². The average Bonchev–Trinajstić information content (AvgIpc) is 2.76. The van der Waals surface area contributed by atoms with Gasteiger partial charge in [0.25, 0.3) is 11.5 Å². The summed E-state index contributed by atoms with van der Waals surface area (Å²) in [7, 11) is 1.67. The zero-order chi connectivity index (χ0) is 24.9. The zero-order valence-corrected chi connectivity index (χ0v) is 17.5. The zero-order valence-electron chi connectivity index (χ0n) is 17.5. The number of hydrogen-bond acceptors (Lipinski definition) is 4. The van der Waals surface area contributed by atoms with Crippen LogP contribution in [0.3, 0.4) is 0 Å². The van der Waals surface area contributed by atoms with Gasteiger partial charge in [0.2, 0.25) is 0 Å². The normalized spacial score (nSPS) is 17.6. The maximum absolute atomic E-state index is 14.4. The Morgan fingerprint density at radius 1 is 1.21 bits per heavy atom. The van der Waals surface area contributed by atoms with Crippen molar-refractivity contribution in [1.29, 1.82) is 0 Å². The van der Waals surface area contributed by atoms with Crippen LogP contribution in [0.1, 0.15) is 27.5 Å². The van der Waals surface area contributed by atoms with Crippen LogP contribution in [0, 0.1) is 5.82 Å². The van der Waals surface area contributed by atoms with Gasteiger partial charge in [0.15, 0.2) is 5.69 Å². The number of carboxylic acids is 1. The number of pyridine rings is 1. The second-order valence-corrected chi connectivity index (χ2v) is 7.94. The highest BCUT2D eigenvalue weighted by atomic mass is 19.4. The molecule has 0 saturated heterocycles. The van der Waals surface area contributed by atoms with Gasteiger partial charge in [0.1, 0.15) is 41.8 Å². The Morgan fingerprint density at radius 3 is 2.44 bits per heavy atom. The molecule has 0 bridgehead atoms. The first kappa shape index (κ1) is 23.2. The van der Waals surface area contributed by atoms with Crippen molar-refractivity contribution in [3.05, 3.63) is 69.3 Å². The number of nitrogens with zero attached hydrogens (tertiary/aromatic N) is 1. The van der Waals surface area contributed by atoms with Crippen molar-refractivity contribution in [3.8, 4) is 5.75 Å². The van der Waals surface area contributed by atoms with E-state index in [2.05, 4.69) is 0 Å². The summed E-state index contributed by atoms with van der Waals surface area (Å²) in [6.07, 6.45) is -4.56. The fourth-order valence-corrected chi connectivity index (χ4v) is 4.22. The fraction of sp³-hybridized carbons (Fsp3) is 0.227. The molecule has 2 aromatic carbocycles. The van der Waals surface area contributed by atoms with Gasteiger partial charge in [-0.15, -0.1) is 0 Å². The first-order valence-corrected chi connectivity index (χ1v) is 10.0. The standard InChI is InChI=1S/C22H17F4N3O5/c1-28-9-15(10-2-4-11(5-3-10)22(24,25)26)29-18-13(6-12(23)7-14(18)28)19(32)17(21(29)34)20(33)27-8-16(30)31/h2-7,15,32H,8-9H2,1H3,(H,27,33)(H,30,31)/p+1. The quantitative estimate of drug-likeness (QED) is 0.422. The smallest absolute Gasteiger partial charge is 0.416 e. The van der Waals surface area contributed by atoms with Crippen LogP contribution in [-0.4, -0.2) is 46.8 Å². The number of carbonyl (C=O) groups is 2. The van der Waals surface area contributed by atoms with Crippen molar-refractivity contribution in [3.63, 3.8) is 0 Å². The number of carboxylic acid groups (broad SMARTS) is 1. The van der Waals surface area contributed by atoms with Gasteiger partial charge in [0, 0.05) is 6.07 Å². The van der Waals surface area contributed by atoms with E-state index in [4.69, 9.17) is 5.11 Å². The van der Waals surface area contributed by atoms with Crippen LogP contribution < -0.4 is 15.8 Å². The molecule has 0 radical (unpaired) electrons. The molecule has 1 amide bonds. The van der Waals surface area contributed by atoms with Gasteiger partial charge in [0.05, 0.1) is 18.0 Å². The third-order valence-electron chi connectivity index (χ3n) is 5.76. The summed E-state index contributed by atoms with van der Waals surface area (Å²) in [6, 6.07) is 5.40. The van der Waals surface area contributed by atoms with Crippen LogP contribution in [0.2, 0.25) is 0 Å². The number of carbonyl (C=O) groups excluding carboxylic acids is 1. The van der Waals surface area contributed by atoms with Crippen molar-refractivity contribution >= 4 is 28.5 Å². The summed E-state index contributed by atoms with van der Waals surface area (Å²) < 4.78 is 54.5. The van der Waals surface area contributed by atoms with E-state index >= 15 is 0 Å². The van der Waals surface area contributed by atoms with E-state index in [0.717, 1.165) is 22.8 Å². The second kappa shape index (κ2) is 8.13. The van der Waals surface area contributed by atoms with Crippen molar-refractivity contribution in [1.82, 2.24) is 9.88 Å². The Hall–Kier alpha value is -3.93. The molecule has 34 heavy (non-hydrogen) atoms. The molecule has 0 fully saturated rings. The average molecular weight is 480 g/mol. The van der Waals surface area contributed by atoms with E-state index in [1.54, 1.807) is 7.05 Å². The molecule has 1 aliphatic heterocycles. The van der Waals surface area contributed by atoms with Crippen molar-refractivity contribution < 1.29 is 42.3 Å². The molecule has 3 aromatic rings. The summed E-state index contributed by atoms with van der Waals surface area (Å²) in [5, 5.41) is 21.3. The number of nitrogens with one attached hydrogen (secondary N) is 2. The van der Waals surface area contributed by atoms with Gasteiger partial charge >= 0.3 is 12.1 Å². The third-order valence-corrected chi connectivity index (χ3v) is 5.76. The number of aromatic nitrogens is 1. The minimum atomic E-state index is -4.56. The highest BCUT2D eigenvalue weighted by Crippen LogP contribution is 2.36. The van der Waals surface area contributed by atoms with Crippen LogP contribution >= 0.6 is 0 Å². The van der Waals surface area contributed by atoms with E-state index in [9.17, 15) is 37.1 Å². The Kier molecular flexibility index (Phi) is 5.56. The SMILES string of the molecule is C[NH+]1CC(c2ccc(C(F)(F)F)cc2)n2c(=O)c(C(=O)NCC(=O)O)c(O)c3cc(F)cc1c32. The minimum absolute atomic E-state index is 0.118. The first-order chi connectivity index (χ1) is 15.9. The largest absolute Gasteiger partial charge is 0.506 e. The van der Waals surface area contributed by atoms with E-state index < -0.39 is 58.9 Å². The molecule has 12 heteroatoms. The van der Waals surface area contributed by atoms with Crippen molar-refractivity contribution in [2.45, 2.75) is 12.2 Å². The molecule has 2 unspecified atom stereocenters. The molecule has 0 saturated carbocycles. The molecule has 178 valence electrons. The van der Waals surface area contributed by atoms with Gasteiger partial charge in [-0.2, -0.15) is 13.2 Å². The van der Waals surface area contributed by atoms with Crippen molar-refractivity contribution in [2.24, 2.45) is 0 Å². The van der Waals surface area contributed by atoms with E-state index in [-0.39, 0.29) is 17.4 Å². The topological polar surface area (TPSA) is 113 Å². The fourth-order valence-electron chi connectivity index (χ4n) is 4.22. The molecule has 1 aliphatic rings. The van der Waals surface area contributed by atoms with Gasteiger partial charge < -0.3 is 20.4 Å². The van der Waals surface area contributed by atoms with E-state index in [1.807, 2.05) is 5.32 Å². The Morgan fingerprint density at radius 2 is 1.85 bits per heavy atom. The number of aromatic hydroxyl groups is 1. The molecule has 8 nitrogen and oxygen atoms in total. The number of likely N-dealkylation sites (N-methyl/N-ethyl adjacent to an activating group) is 1. The van der Waals surface area contributed by atoms with Gasteiger partial charge in [-0.1, -0.05) is 12.1 Å². The van der Waals surface area contributed by atoms with E-state index in [1.165, 1.54) is 18.2 Å². The lowest BCUT2D eigenvalue weighted by Crippen LogP contribution is -3.05. The number of hydrogen-bond donors (Lipinski definition) is 4. The lowest BCUT2D eigenvalue weighted by atomic mass is 9.98. The number of amides is 1. The molecule has 2 atom stereocenters. The first-order valence-electron chi connectivity index (χ1n) is 10.0. The summed E-state index contributed by atoms with van der Waals surface area (Å²) >= 11 is 0. The van der Waals surface area contributed by atoms with Crippen LogP contribution in [0.4, 0.5) is 23.2 Å². The summed E-state index contributed by atoms with van der Waals surface area (Å²) in [5.74, 6) is -4.14. The summed E-state index contributed by atoms with van der Waals surface area (Å²) in [4.78, 5) is 37.4. The number of aliphatic carboxylic acids is 1. The predicted molar refractivity (Wildman–Crippen MR) is 111 cm³/mol. The Balaban J connectivity index is 1.98. The molecule has 2 heterocycles. The molecule has 0 aliphatic carbocycles. The third kappa shape index (κ3) is 3.85. The maximum atomic E-state index is 14.4. The van der Waals surface area contributed by atoms with Crippen LogP contribution in [0.15, 0.2) is 41.2 Å². The lowest BCUT2D eigenvalue weighted by Gasteiger charge is -2.32. The second-order valence-electron chi connectivity index (χ2n) is 7.94. The van der Waals surface area contributed by atoms with Crippen molar-refractivity contribution in [2.75, 3.05) is 20.1 Å². The molecular formula is C22H18F4N3O5+. The Labute approximate surface area is 188 Å². The monoisotopic (exact) mass is 480 g/mol. The van der Waals surface area contributed by atoms with Gasteiger partial charge in [-0.3, -0.25) is 19.0 Å². The van der Waals surface area contributed by atoms with Gasteiger partial charge in [-0.05, 0) is 23.8 Å².